The van der Waals surface area contributed by atoms with E-state index in [1.165, 1.54) is 0 Å². The van der Waals surface area contributed by atoms with Crippen molar-refractivity contribution in [1.82, 2.24) is 0 Å². The van der Waals surface area contributed by atoms with Gasteiger partial charge in [-0.15, -0.1) is 0 Å². The van der Waals surface area contributed by atoms with Gasteiger partial charge < -0.3 is 0 Å². The number of halogens is 3. The summed E-state index contributed by atoms with van der Waals surface area (Å²) < 4.78 is 3.19. The van der Waals surface area contributed by atoms with E-state index >= 15 is 0 Å². The Bertz CT molecular complexity index is 154. The molecule has 0 unspecified atom stereocenters. The third-order valence-corrected chi connectivity index (χ3v) is 0.985. The largest absolute Gasteiger partial charge is 0.166 e. The van der Waals surface area contributed by atoms with Crippen molar-refractivity contribution in [1.29, 1.82) is 0 Å². The van der Waals surface area contributed by atoms with Crippen LogP contribution in [-0.2, 0) is 3.84 Å². The maximum absolute atomic E-state index is 5.54. The third-order valence-electron chi connectivity index (χ3n) is 0.733. The molecule has 0 spiro atoms. The lowest BCUT2D eigenvalue weighted by Gasteiger charge is -1.80. The molecule has 10 heavy (non-hydrogen) atoms. The van der Waals surface area contributed by atoms with Gasteiger partial charge in [0, 0.05) is 5.02 Å². The van der Waals surface area contributed by atoms with E-state index < -0.39 is 0 Å². The summed E-state index contributed by atoms with van der Waals surface area (Å²) in [5.41, 5.74) is 0. The molecule has 0 saturated carbocycles. The van der Waals surface area contributed by atoms with Crippen molar-refractivity contribution in [3.8, 4) is 0 Å². The Hall–Kier alpha value is 0.0500. The standard InChI is InChI=1S/C6H5Cl.Cl2O/c7-6-4-2-1-3-5-6;1-3-2/h1-5H;. The van der Waals surface area contributed by atoms with Crippen molar-refractivity contribution < 1.29 is 3.84 Å². The maximum atomic E-state index is 5.54. The van der Waals surface area contributed by atoms with E-state index in [1.54, 1.807) is 0 Å². The predicted octanol–water partition coefficient (Wildman–Crippen LogP) is 3.65. The van der Waals surface area contributed by atoms with Gasteiger partial charge in [-0.3, -0.25) is 0 Å². The monoisotopic (exact) mass is 198 g/mol. The molecule has 0 saturated heterocycles. The van der Waals surface area contributed by atoms with Gasteiger partial charge in [-0.05, 0) is 12.1 Å². The molecule has 0 bridgehead atoms. The SMILES string of the molecule is ClOCl.Clc1ccccc1. The van der Waals surface area contributed by atoms with Gasteiger partial charge in [-0.25, -0.2) is 0 Å². The van der Waals surface area contributed by atoms with E-state index in [4.69, 9.17) is 11.6 Å². The van der Waals surface area contributed by atoms with Crippen molar-refractivity contribution in [2.24, 2.45) is 0 Å². The lowest BCUT2D eigenvalue weighted by atomic mass is 10.4. The molecule has 0 aliphatic carbocycles. The number of hydrogen-bond donors (Lipinski definition) is 0. The van der Waals surface area contributed by atoms with Crippen LogP contribution in [-0.4, -0.2) is 0 Å². The Balaban J connectivity index is 0.000000236. The quantitative estimate of drug-likeness (QED) is 0.620. The molecule has 56 valence electrons. The predicted molar refractivity (Wildman–Crippen MR) is 44.2 cm³/mol. The van der Waals surface area contributed by atoms with Gasteiger partial charge in [-0.1, -0.05) is 29.8 Å². The number of rotatable bonds is 0. The average Bonchev–Trinajstić information content (AvgIpc) is 1.91. The molecule has 0 aliphatic heterocycles. The van der Waals surface area contributed by atoms with Crippen LogP contribution < -0.4 is 0 Å². The normalized spacial score (nSPS) is 7.90. The molecule has 1 aromatic rings. The summed E-state index contributed by atoms with van der Waals surface area (Å²) in [6.07, 6.45) is 0. The summed E-state index contributed by atoms with van der Waals surface area (Å²) in [7, 11) is 0. The van der Waals surface area contributed by atoms with Crippen LogP contribution in [0.1, 0.15) is 0 Å². The second kappa shape index (κ2) is 7.16. The maximum Gasteiger partial charge on any atom is 0.0832 e. The zero-order chi connectivity index (χ0) is 7.82. The molecular weight excluding hydrogens is 194 g/mol. The summed E-state index contributed by atoms with van der Waals surface area (Å²) in [5.74, 6) is 0. The fraction of sp³-hybridized carbons (Fsp3) is 0. The molecule has 4 heteroatoms. The Morgan fingerprint density at radius 2 is 1.40 bits per heavy atom. The summed E-state index contributed by atoms with van der Waals surface area (Å²) in [4.78, 5) is 0. The molecule has 0 aromatic heterocycles. The summed E-state index contributed by atoms with van der Waals surface area (Å²) in [6.45, 7) is 0. The van der Waals surface area contributed by atoms with Crippen molar-refractivity contribution in [3.63, 3.8) is 0 Å². The molecule has 0 heterocycles. The van der Waals surface area contributed by atoms with Gasteiger partial charge in [0.25, 0.3) is 0 Å². The first-order chi connectivity index (χ1) is 4.81. The molecule has 0 atom stereocenters. The Labute approximate surface area is 74.8 Å². The molecule has 0 fully saturated rings. The van der Waals surface area contributed by atoms with Crippen molar-refractivity contribution in [2.75, 3.05) is 0 Å². The highest BCUT2D eigenvalue weighted by Gasteiger charge is 1.74. The zero-order valence-corrected chi connectivity index (χ0v) is 7.20. The van der Waals surface area contributed by atoms with Crippen LogP contribution in [0.4, 0.5) is 0 Å². The Morgan fingerprint density at radius 1 is 1.00 bits per heavy atom. The van der Waals surface area contributed by atoms with Gasteiger partial charge in [0.2, 0.25) is 0 Å². The van der Waals surface area contributed by atoms with Crippen molar-refractivity contribution in [3.05, 3.63) is 35.4 Å². The van der Waals surface area contributed by atoms with E-state index in [0.29, 0.717) is 0 Å². The van der Waals surface area contributed by atoms with Crippen LogP contribution >= 0.6 is 35.3 Å². The number of benzene rings is 1. The lowest BCUT2D eigenvalue weighted by Crippen LogP contribution is -1.55. The van der Waals surface area contributed by atoms with E-state index in [2.05, 4.69) is 27.6 Å². The smallest absolute Gasteiger partial charge is 0.0832 e. The minimum Gasteiger partial charge on any atom is -0.166 e. The van der Waals surface area contributed by atoms with Crippen molar-refractivity contribution in [2.45, 2.75) is 0 Å². The van der Waals surface area contributed by atoms with Crippen LogP contribution in [0.15, 0.2) is 30.3 Å². The molecule has 0 radical (unpaired) electrons. The minimum absolute atomic E-state index is 0.794. The second-order valence-electron chi connectivity index (χ2n) is 1.35. The molecule has 1 aromatic carbocycles. The van der Waals surface area contributed by atoms with Crippen LogP contribution in [0.2, 0.25) is 5.02 Å². The highest BCUT2D eigenvalue weighted by molar-refractivity contribution is 6.30. The highest BCUT2D eigenvalue weighted by Crippen LogP contribution is 2.03. The Morgan fingerprint density at radius 3 is 1.60 bits per heavy atom. The summed E-state index contributed by atoms with van der Waals surface area (Å²) in [6, 6.07) is 9.44. The second-order valence-corrected chi connectivity index (χ2v) is 2.26. The molecular formula is C6H5Cl3O. The fourth-order valence-electron chi connectivity index (χ4n) is 0.415. The first kappa shape index (κ1) is 10.0. The number of hydrogen-bond acceptors (Lipinski definition) is 1. The van der Waals surface area contributed by atoms with Crippen LogP contribution in [0, 0.1) is 0 Å². The van der Waals surface area contributed by atoms with Gasteiger partial charge >= 0.3 is 0 Å². The topological polar surface area (TPSA) is 9.23 Å². The van der Waals surface area contributed by atoms with Crippen molar-refractivity contribution >= 4 is 35.3 Å². The minimum atomic E-state index is 0.794. The Kier molecular flexibility index (Phi) is 7.20. The van der Waals surface area contributed by atoms with Crippen LogP contribution in [0.5, 0.6) is 0 Å². The highest BCUT2D eigenvalue weighted by atomic mass is 35.6. The molecule has 0 N–H and O–H groups in total. The summed E-state index contributed by atoms with van der Waals surface area (Å²) in [5, 5.41) is 0.794. The molecule has 0 aliphatic rings. The first-order valence-electron chi connectivity index (χ1n) is 2.41. The van der Waals surface area contributed by atoms with E-state index in [1.807, 2.05) is 30.3 Å². The van der Waals surface area contributed by atoms with Crippen LogP contribution in [0.3, 0.4) is 0 Å². The van der Waals surface area contributed by atoms with E-state index in [-0.39, 0.29) is 0 Å². The average molecular weight is 199 g/mol. The van der Waals surface area contributed by atoms with Crippen LogP contribution in [0.25, 0.3) is 0 Å². The zero-order valence-electron chi connectivity index (χ0n) is 4.93. The lowest BCUT2D eigenvalue weighted by molar-refractivity contribution is 0.697. The summed E-state index contributed by atoms with van der Waals surface area (Å²) >= 11 is 14.1. The van der Waals surface area contributed by atoms with Gasteiger partial charge in [0.1, 0.15) is 0 Å². The van der Waals surface area contributed by atoms with Gasteiger partial charge in [0.15, 0.2) is 0 Å². The first-order valence-corrected chi connectivity index (χ1v) is 3.40. The van der Waals surface area contributed by atoms with E-state index in [0.717, 1.165) is 5.02 Å². The molecule has 1 rings (SSSR count). The fourth-order valence-corrected chi connectivity index (χ4v) is 0.560. The molecule has 1 nitrogen and oxygen atoms in total. The van der Waals surface area contributed by atoms with Gasteiger partial charge in [-0.2, -0.15) is 3.84 Å². The third kappa shape index (κ3) is 6.17. The molecule has 0 amide bonds. The van der Waals surface area contributed by atoms with Gasteiger partial charge in [0.05, 0.1) is 23.7 Å². The van der Waals surface area contributed by atoms with E-state index in [9.17, 15) is 0 Å².